The van der Waals surface area contributed by atoms with Gasteiger partial charge in [-0.15, -0.1) is 0 Å². The molecule has 0 aromatic carbocycles. The summed E-state index contributed by atoms with van der Waals surface area (Å²) in [6, 6.07) is 0. The van der Waals surface area contributed by atoms with Crippen LogP contribution < -0.4 is 51.4 Å². The quantitative estimate of drug-likeness (QED) is 0.144. The molecule has 0 aliphatic heterocycles. The predicted octanol–water partition coefficient (Wildman–Crippen LogP) is 3.12. The molecule has 0 unspecified atom stereocenters. The topological polar surface area (TPSA) is 66.4 Å². The van der Waals surface area contributed by atoms with Crippen LogP contribution >= 0.6 is 0 Å². The van der Waals surface area contributed by atoms with Crippen molar-refractivity contribution >= 4 is 10.4 Å². The molecule has 0 rings (SSSR count). The van der Waals surface area contributed by atoms with E-state index in [1.807, 2.05) is 0 Å². The maximum Gasteiger partial charge on any atom is 1.00 e. The molecule has 0 aliphatic rings. The Kier molecular flexibility index (Phi) is 25.0. The Morgan fingerprint density at radius 3 is 1.16 bits per heavy atom. The maximum absolute atomic E-state index is 10.2. The molecule has 0 aromatic rings. The number of unbranched alkanes of at least 4 members (excludes halogenated alkanes) is 16. The van der Waals surface area contributed by atoms with Gasteiger partial charge in [-0.2, -0.15) is 0 Å². The van der Waals surface area contributed by atoms with E-state index in [1.165, 1.54) is 89.9 Å². The Morgan fingerprint density at radius 2 is 0.880 bits per heavy atom. The van der Waals surface area contributed by atoms with Crippen LogP contribution in [0, 0.1) is 0 Å². The van der Waals surface area contributed by atoms with E-state index in [0.717, 1.165) is 12.8 Å². The Morgan fingerprint density at radius 1 is 0.600 bits per heavy atom. The Labute approximate surface area is 199 Å². The second kappa shape index (κ2) is 21.8. The van der Waals surface area contributed by atoms with Crippen LogP contribution in [0.1, 0.15) is 116 Å². The zero-order chi connectivity index (χ0) is 17.9. The van der Waals surface area contributed by atoms with Gasteiger partial charge < -0.3 is 4.55 Å². The first-order chi connectivity index (χ1) is 11.6. The summed E-state index contributed by atoms with van der Waals surface area (Å²) in [5.41, 5.74) is 0. The van der Waals surface area contributed by atoms with Crippen LogP contribution in [0.2, 0.25) is 0 Å². The summed E-state index contributed by atoms with van der Waals surface area (Å²) in [5, 5.41) is 0. The van der Waals surface area contributed by atoms with Crippen molar-refractivity contribution in [3.8, 4) is 0 Å². The molecule has 0 N–H and O–H groups in total. The van der Waals surface area contributed by atoms with Crippen LogP contribution in [0.5, 0.6) is 0 Å². The van der Waals surface area contributed by atoms with Gasteiger partial charge in [-0.25, -0.2) is 8.42 Å². The van der Waals surface area contributed by atoms with Crippen LogP contribution in [0.25, 0.3) is 0 Å². The fraction of sp³-hybridized carbons (Fsp3) is 1.00. The summed E-state index contributed by atoms with van der Waals surface area (Å²) in [5.74, 6) is 0. The molecule has 25 heavy (non-hydrogen) atoms. The summed E-state index contributed by atoms with van der Waals surface area (Å²) >= 11 is 0. The molecule has 0 spiro atoms. The molecule has 0 atom stereocenters. The molecular formula is C19H39KO4S. The summed E-state index contributed by atoms with van der Waals surface area (Å²) in [6.45, 7) is 2.30. The van der Waals surface area contributed by atoms with Gasteiger partial charge in [0.25, 0.3) is 0 Å². The minimum atomic E-state index is -4.50. The molecule has 6 heteroatoms. The van der Waals surface area contributed by atoms with Crippen LogP contribution in [0.4, 0.5) is 0 Å². The van der Waals surface area contributed by atoms with Gasteiger partial charge in [0.05, 0.1) is 6.61 Å². The van der Waals surface area contributed by atoms with E-state index >= 15 is 0 Å². The van der Waals surface area contributed by atoms with Gasteiger partial charge >= 0.3 is 51.4 Å². The average Bonchev–Trinajstić information content (AvgIpc) is 2.52. The zero-order valence-electron chi connectivity index (χ0n) is 16.8. The van der Waals surface area contributed by atoms with Gasteiger partial charge in [0.1, 0.15) is 0 Å². The minimum Gasteiger partial charge on any atom is -0.726 e. The largest absolute Gasteiger partial charge is 1.00 e. The van der Waals surface area contributed by atoms with E-state index in [4.69, 9.17) is 0 Å². The third kappa shape index (κ3) is 27.8. The smallest absolute Gasteiger partial charge is 0.726 e. The average molecular weight is 403 g/mol. The molecular weight excluding hydrogens is 363 g/mol. The molecule has 146 valence electrons. The van der Waals surface area contributed by atoms with Crippen LogP contribution in [0.3, 0.4) is 0 Å². The van der Waals surface area contributed by atoms with E-state index in [1.54, 1.807) is 0 Å². The van der Waals surface area contributed by atoms with Gasteiger partial charge in [-0.1, -0.05) is 110 Å². The number of rotatable bonds is 19. The van der Waals surface area contributed by atoms with E-state index in [0.29, 0.717) is 6.42 Å². The molecule has 0 saturated carbocycles. The second-order valence-electron chi connectivity index (χ2n) is 6.89. The Hall–Kier alpha value is 1.51. The molecule has 0 radical (unpaired) electrons. The van der Waals surface area contributed by atoms with Crippen LogP contribution in [0.15, 0.2) is 0 Å². The van der Waals surface area contributed by atoms with Gasteiger partial charge in [-0.05, 0) is 6.42 Å². The molecule has 0 heterocycles. The van der Waals surface area contributed by atoms with Gasteiger partial charge in [0.15, 0.2) is 0 Å². The molecule has 0 fully saturated rings. The summed E-state index contributed by atoms with van der Waals surface area (Å²) < 4.78 is 34.8. The van der Waals surface area contributed by atoms with Crippen molar-refractivity contribution in [1.82, 2.24) is 0 Å². The molecule has 0 bridgehead atoms. The van der Waals surface area contributed by atoms with Crippen molar-refractivity contribution in [2.24, 2.45) is 0 Å². The zero-order valence-corrected chi connectivity index (χ0v) is 20.7. The van der Waals surface area contributed by atoms with Crippen molar-refractivity contribution < 1.29 is 68.5 Å². The SMILES string of the molecule is CCCCCCCCCCCCCCCCCCCOS(=O)(=O)[O-].[K+]. The van der Waals surface area contributed by atoms with E-state index < -0.39 is 10.4 Å². The first-order valence-corrected chi connectivity index (χ1v) is 11.5. The van der Waals surface area contributed by atoms with Crippen molar-refractivity contribution in [3.05, 3.63) is 0 Å². The molecule has 0 aromatic heterocycles. The van der Waals surface area contributed by atoms with Crippen molar-refractivity contribution in [3.63, 3.8) is 0 Å². The molecule has 0 saturated heterocycles. The Balaban J connectivity index is 0. The van der Waals surface area contributed by atoms with E-state index in [9.17, 15) is 13.0 Å². The third-order valence-corrected chi connectivity index (χ3v) is 4.93. The monoisotopic (exact) mass is 402 g/mol. The second-order valence-corrected chi connectivity index (χ2v) is 7.94. The minimum absolute atomic E-state index is 0. The van der Waals surface area contributed by atoms with E-state index in [-0.39, 0.29) is 58.0 Å². The van der Waals surface area contributed by atoms with Crippen LogP contribution in [-0.2, 0) is 14.6 Å². The molecule has 4 nitrogen and oxygen atoms in total. The summed E-state index contributed by atoms with van der Waals surface area (Å²) in [6.07, 6.45) is 21.8. The van der Waals surface area contributed by atoms with Crippen molar-refractivity contribution in [2.75, 3.05) is 6.61 Å². The predicted molar refractivity (Wildman–Crippen MR) is 99.8 cm³/mol. The normalized spacial score (nSPS) is 11.4. The number of hydrogen-bond acceptors (Lipinski definition) is 4. The first kappa shape index (κ1) is 28.7. The Bertz CT molecular complexity index is 347. The number of hydrogen-bond donors (Lipinski definition) is 0. The van der Waals surface area contributed by atoms with Gasteiger partial charge in [-0.3, -0.25) is 4.18 Å². The maximum atomic E-state index is 10.2. The fourth-order valence-electron chi connectivity index (χ4n) is 2.99. The molecule has 0 aliphatic carbocycles. The van der Waals surface area contributed by atoms with Crippen LogP contribution in [-0.4, -0.2) is 19.6 Å². The first-order valence-electron chi connectivity index (χ1n) is 10.2. The fourth-order valence-corrected chi connectivity index (χ4v) is 3.31. The summed E-state index contributed by atoms with van der Waals surface area (Å²) in [4.78, 5) is 0. The summed E-state index contributed by atoms with van der Waals surface area (Å²) in [7, 11) is -4.50. The van der Waals surface area contributed by atoms with E-state index in [2.05, 4.69) is 11.1 Å². The van der Waals surface area contributed by atoms with Gasteiger partial charge in [0.2, 0.25) is 10.4 Å². The molecule has 0 amide bonds. The van der Waals surface area contributed by atoms with Crippen molar-refractivity contribution in [1.29, 1.82) is 0 Å². The van der Waals surface area contributed by atoms with Gasteiger partial charge in [0, 0.05) is 0 Å². The third-order valence-electron chi connectivity index (χ3n) is 4.48. The standard InChI is InChI=1S/C19H40O4S.K/c1-2-3-4-5-6-7-8-9-10-11-12-13-14-15-16-17-18-19-23-24(20,21)22;/h2-19H2,1H3,(H,20,21,22);/q;+1/p-1. The van der Waals surface area contributed by atoms with Crippen molar-refractivity contribution in [2.45, 2.75) is 116 Å².